The Labute approximate surface area is 188 Å². The summed E-state index contributed by atoms with van der Waals surface area (Å²) in [6.45, 7) is 3.79. The minimum atomic E-state index is 0.632. The fraction of sp³-hybridized carbons (Fsp3) is 0.346. The third kappa shape index (κ3) is 4.81. The predicted octanol–water partition coefficient (Wildman–Crippen LogP) is 4.60. The van der Waals surface area contributed by atoms with E-state index in [0.717, 1.165) is 67.1 Å². The SMILES string of the molecule is c1ccc2c(CCCNc3ncnc4cc(OCC5CCNCC5)ccc34)ccnc2c1. The number of benzene rings is 2. The van der Waals surface area contributed by atoms with Crippen LogP contribution in [0.15, 0.2) is 61.1 Å². The number of para-hydroxylation sites is 1. The van der Waals surface area contributed by atoms with Crippen molar-refractivity contribution in [2.75, 3.05) is 31.6 Å². The van der Waals surface area contributed by atoms with Gasteiger partial charge in [-0.3, -0.25) is 4.98 Å². The van der Waals surface area contributed by atoms with E-state index in [4.69, 9.17) is 4.74 Å². The standard InChI is InChI=1S/C26H29N5O/c1-2-6-24-22(5-1)20(11-15-28-24)4-3-12-29-26-23-8-7-21(16-25(23)30-18-31-26)32-17-19-9-13-27-14-10-19/h1-2,5-8,11,15-16,18-19,27H,3-4,9-10,12-14,17H2,(H,29,30,31). The summed E-state index contributed by atoms with van der Waals surface area (Å²) >= 11 is 0. The van der Waals surface area contributed by atoms with E-state index in [-0.39, 0.29) is 0 Å². The summed E-state index contributed by atoms with van der Waals surface area (Å²) in [6, 6.07) is 16.5. The van der Waals surface area contributed by atoms with Crippen molar-refractivity contribution in [2.24, 2.45) is 5.92 Å². The monoisotopic (exact) mass is 427 g/mol. The van der Waals surface area contributed by atoms with Gasteiger partial charge >= 0.3 is 0 Å². The van der Waals surface area contributed by atoms with E-state index in [1.54, 1.807) is 6.33 Å². The number of rotatable bonds is 8. The van der Waals surface area contributed by atoms with Gasteiger partial charge in [-0.15, -0.1) is 0 Å². The quantitative estimate of drug-likeness (QED) is 0.401. The first-order chi connectivity index (χ1) is 15.9. The third-order valence-corrected chi connectivity index (χ3v) is 6.21. The molecule has 0 aliphatic carbocycles. The van der Waals surface area contributed by atoms with Crippen LogP contribution in [0, 0.1) is 5.92 Å². The first-order valence-corrected chi connectivity index (χ1v) is 11.5. The van der Waals surface area contributed by atoms with Crippen molar-refractivity contribution in [3.63, 3.8) is 0 Å². The van der Waals surface area contributed by atoms with Gasteiger partial charge in [-0.25, -0.2) is 9.97 Å². The van der Waals surface area contributed by atoms with Gasteiger partial charge in [0.2, 0.25) is 0 Å². The number of nitrogens with zero attached hydrogens (tertiary/aromatic N) is 3. The van der Waals surface area contributed by atoms with Gasteiger partial charge in [0.1, 0.15) is 17.9 Å². The van der Waals surface area contributed by atoms with E-state index < -0.39 is 0 Å². The van der Waals surface area contributed by atoms with E-state index in [9.17, 15) is 0 Å². The molecule has 0 spiro atoms. The largest absolute Gasteiger partial charge is 0.493 e. The number of pyridine rings is 1. The Hall–Kier alpha value is -3.25. The summed E-state index contributed by atoms with van der Waals surface area (Å²) in [5, 5.41) is 9.15. The van der Waals surface area contributed by atoms with Crippen molar-refractivity contribution in [3.8, 4) is 5.75 Å². The fourth-order valence-electron chi connectivity index (χ4n) is 4.39. The summed E-state index contributed by atoms with van der Waals surface area (Å²) in [6.07, 6.45) is 7.88. The minimum absolute atomic E-state index is 0.632. The van der Waals surface area contributed by atoms with Crippen LogP contribution >= 0.6 is 0 Å². The first kappa shape index (κ1) is 20.6. The molecule has 0 radical (unpaired) electrons. The molecule has 6 heteroatoms. The number of nitrogens with one attached hydrogen (secondary N) is 2. The lowest BCUT2D eigenvalue weighted by molar-refractivity contribution is 0.215. The summed E-state index contributed by atoms with van der Waals surface area (Å²) in [4.78, 5) is 13.4. The maximum Gasteiger partial charge on any atom is 0.137 e. The highest BCUT2D eigenvalue weighted by Crippen LogP contribution is 2.25. The van der Waals surface area contributed by atoms with Crippen LogP contribution in [0.4, 0.5) is 5.82 Å². The molecular weight excluding hydrogens is 398 g/mol. The zero-order valence-corrected chi connectivity index (χ0v) is 18.3. The van der Waals surface area contributed by atoms with Crippen LogP contribution in [0.1, 0.15) is 24.8 Å². The van der Waals surface area contributed by atoms with Crippen LogP contribution in [0.2, 0.25) is 0 Å². The van der Waals surface area contributed by atoms with E-state index in [2.05, 4.69) is 55.9 Å². The molecule has 0 amide bonds. The van der Waals surface area contributed by atoms with Crippen molar-refractivity contribution >= 4 is 27.6 Å². The second-order valence-corrected chi connectivity index (χ2v) is 8.42. The van der Waals surface area contributed by atoms with E-state index in [0.29, 0.717) is 5.92 Å². The average molecular weight is 428 g/mol. The van der Waals surface area contributed by atoms with Crippen LogP contribution in [0.5, 0.6) is 5.75 Å². The number of fused-ring (bicyclic) bond motifs is 2. The van der Waals surface area contributed by atoms with Crippen LogP contribution in [-0.2, 0) is 6.42 Å². The van der Waals surface area contributed by atoms with Gasteiger partial charge in [-0.2, -0.15) is 0 Å². The molecule has 32 heavy (non-hydrogen) atoms. The molecule has 1 fully saturated rings. The Kier molecular flexibility index (Phi) is 6.40. The van der Waals surface area contributed by atoms with Crippen LogP contribution < -0.4 is 15.4 Å². The molecule has 2 aromatic heterocycles. The van der Waals surface area contributed by atoms with Gasteiger partial charge in [0.15, 0.2) is 0 Å². The van der Waals surface area contributed by atoms with Crippen LogP contribution in [-0.4, -0.2) is 41.2 Å². The first-order valence-electron chi connectivity index (χ1n) is 11.5. The highest BCUT2D eigenvalue weighted by molar-refractivity contribution is 5.89. The van der Waals surface area contributed by atoms with Gasteiger partial charge in [-0.05, 0) is 74.5 Å². The Bertz CT molecular complexity index is 1180. The van der Waals surface area contributed by atoms with Crippen molar-refractivity contribution in [2.45, 2.75) is 25.7 Å². The molecule has 5 rings (SSSR count). The number of anilines is 1. The highest BCUT2D eigenvalue weighted by Gasteiger charge is 2.14. The summed E-state index contributed by atoms with van der Waals surface area (Å²) in [7, 11) is 0. The Morgan fingerprint density at radius 3 is 2.78 bits per heavy atom. The van der Waals surface area contributed by atoms with Crippen LogP contribution in [0.3, 0.4) is 0 Å². The van der Waals surface area contributed by atoms with Gasteiger partial charge in [0, 0.05) is 29.6 Å². The molecule has 2 aromatic carbocycles. The third-order valence-electron chi connectivity index (χ3n) is 6.21. The molecular formula is C26H29N5O. The molecule has 0 bridgehead atoms. The summed E-state index contributed by atoms with van der Waals surface area (Å²) in [5.41, 5.74) is 3.30. The predicted molar refractivity (Wildman–Crippen MR) is 129 cm³/mol. The molecule has 164 valence electrons. The molecule has 0 unspecified atom stereocenters. The zero-order valence-electron chi connectivity index (χ0n) is 18.3. The number of ether oxygens (including phenoxy) is 1. The maximum absolute atomic E-state index is 6.06. The number of aryl methyl sites for hydroxylation is 1. The minimum Gasteiger partial charge on any atom is -0.493 e. The lowest BCUT2D eigenvalue weighted by Gasteiger charge is -2.22. The molecule has 1 aliphatic rings. The number of aromatic nitrogens is 3. The number of piperidine rings is 1. The molecule has 1 aliphatic heterocycles. The van der Waals surface area contributed by atoms with Gasteiger partial charge in [-0.1, -0.05) is 18.2 Å². The Morgan fingerprint density at radius 1 is 0.938 bits per heavy atom. The second kappa shape index (κ2) is 9.92. The fourth-order valence-corrected chi connectivity index (χ4v) is 4.39. The molecule has 4 aromatic rings. The number of hydrogen-bond acceptors (Lipinski definition) is 6. The Balaban J connectivity index is 1.19. The highest BCUT2D eigenvalue weighted by atomic mass is 16.5. The van der Waals surface area contributed by atoms with Crippen LogP contribution in [0.25, 0.3) is 21.8 Å². The maximum atomic E-state index is 6.06. The average Bonchev–Trinajstić information content (AvgIpc) is 2.86. The van der Waals surface area contributed by atoms with E-state index >= 15 is 0 Å². The normalized spacial score (nSPS) is 14.6. The van der Waals surface area contributed by atoms with Gasteiger partial charge in [0.05, 0.1) is 17.6 Å². The lowest BCUT2D eigenvalue weighted by Crippen LogP contribution is -2.30. The molecule has 1 saturated heterocycles. The summed E-state index contributed by atoms with van der Waals surface area (Å²) in [5.74, 6) is 2.39. The van der Waals surface area contributed by atoms with Crippen molar-refractivity contribution in [1.82, 2.24) is 20.3 Å². The Morgan fingerprint density at radius 2 is 1.84 bits per heavy atom. The second-order valence-electron chi connectivity index (χ2n) is 8.42. The van der Waals surface area contributed by atoms with E-state index in [1.165, 1.54) is 23.8 Å². The van der Waals surface area contributed by atoms with Crippen molar-refractivity contribution in [3.05, 3.63) is 66.6 Å². The number of hydrogen-bond donors (Lipinski definition) is 2. The van der Waals surface area contributed by atoms with Crippen molar-refractivity contribution in [1.29, 1.82) is 0 Å². The molecule has 0 saturated carbocycles. The topological polar surface area (TPSA) is 72.0 Å². The molecule has 2 N–H and O–H groups in total. The lowest BCUT2D eigenvalue weighted by atomic mass is 9.99. The molecule has 6 nitrogen and oxygen atoms in total. The summed E-state index contributed by atoms with van der Waals surface area (Å²) < 4.78 is 6.06. The van der Waals surface area contributed by atoms with E-state index in [1.807, 2.05) is 24.4 Å². The van der Waals surface area contributed by atoms with Gasteiger partial charge in [0.25, 0.3) is 0 Å². The zero-order chi connectivity index (χ0) is 21.6. The molecule has 0 atom stereocenters. The smallest absolute Gasteiger partial charge is 0.137 e. The van der Waals surface area contributed by atoms with Gasteiger partial charge < -0.3 is 15.4 Å². The molecule has 3 heterocycles. The van der Waals surface area contributed by atoms with Crippen molar-refractivity contribution < 1.29 is 4.74 Å².